The average Bonchev–Trinajstić information content (AvgIpc) is 2.22. The summed E-state index contributed by atoms with van der Waals surface area (Å²) in [6.07, 6.45) is 1.24. The number of hydrogen-bond donors (Lipinski definition) is 0. The Morgan fingerprint density at radius 3 is 2.57 bits per heavy atom. The monoisotopic (exact) mass is 95.1 g/mol. The van der Waals surface area contributed by atoms with E-state index in [1.54, 1.807) is 0 Å². The summed E-state index contributed by atoms with van der Waals surface area (Å²) in [6, 6.07) is 0.567. The molecule has 2 atom stereocenters. The maximum Gasteiger partial charge on any atom is 0.0623 e. The molecule has 1 unspecified atom stereocenters. The minimum absolute atomic E-state index is 0.567. The molecule has 0 amide bonds. The lowest BCUT2D eigenvalue weighted by molar-refractivity contribution is 0.900. The SMILES string of the molecule is C=C=NC1C[C@H]1C. The molecule has 1 nitrogen and oxygen atoms in total. The van der Waals surface area contributed by atoms with Crippen LogP contribution in [0.15, 0.2) is 11.6 Å². The molecule has 0 bridgehead atoms. The van der Waals surface area contributed by atoms with E-state index in [1.807, 2.05) is 0 Å². The Morgan fingerprint density at radius 2 is 2.43 bits per heavy atom. The van der Waals surface area contributed by atoms with Crippen LogP contribution in [0.4, 0.5) is 0 Å². The third-order valence-corrected chi connectivity index (χ3v) is 1.32. The first-order chi connectivity index (χ1) is 3.34. The molecule has 0 N–H and O–H groups in total. The zero-order valence-electron chi connectivity index (χ0n) is 4.52. The first kappa shape index (κ1) is 4.61. The lowest BCUT2D eigenvalue weighted by atomic mass is 10.5. The van der Waals surface area contributed by atoms with Crippen LogP contribution in [-0.4, -0.2) is 11.9 Å². The Kier molecular flexibility index (Phi) is 0.994. The first-order valence-corrected chi connectivity index (χ1v) is 2.56. The van der Waals surface area contributed by atoms with E-state index in [0.717, 1.165) is 5.92 Å². The Bertz CT molecular complexity index is 111. The first-order valence-electron chi connectivity index (χ1n) is 2.56. The highest BCUT2D eigenvalue weighted by Crippen LogP contribution is 2.31. The van der Waals surface area contributed by atoms with Crippen LogP contribution in [0, 0.1) is 5.92 Å². The van der Waals surface area contributed by atoms with Gasteiger partial charge in [-0.1, -0.05) is 6.92 Å². The molecule has 7 heavy (non-hydrogen) atoms. The van der Waals surface area contributed by atoms with Gasteiger partial charge in [-0.2, -0.15) is 0 Å². The molecule has 0 heterocycles. The Hall–Kier alpha value is -0.550. The van der Waals surface area contributed by atoms with Crippen molar-refractivity contribution in [3.05, 3.63) is 6.58 Å². The largest absolute Gasteiger partial charge is 0.240 e. The topological polar surface area (TPSA) is 12.4 Å². The van der Waals surface area contributed by atoms with Crippen molar-refractivity contribution in [2.75, 3.05) is 0 Å². The van der Waals surface area contributed by atoms with E-state index in [-0.39, 0.29) is 0 Å². The summed E-state index contributed by atoms with van der Waals surface area (Å²) in [6.45, 7) is 5.57. The van der Waals surface area contributed by atoms with Crippen LogP contribution in [0.3, 0.4) is 0 Å². The number of aliphatic imine (C=N–C) groups is 1. The molecule has 1 aliphatic rings. The predicted octanol–water partition coefficient (Wildman–Crippen LogP) is 1.25. The van der Waals surface area contributed by atoms with Crippen LogP contribution >= 0.6 is 0 Å². The second kappa shape index (κ2) is 1.51. The van der Waals surface area contributed by atoms with Crippen LogP contribution in [0.2, 0.25) is 0 Å². The van der Waals surface area contributed by atoms with E-state index >= 15 is 0 Å². The van der Waals surface area contributed by atoms with Gasteiger partial charge in [0.25, 0.3) is 0 Å². The Morgan fingerprint density at radius 1 is 1.86 bits per heavy atom. The van der Waals surface area contributed by atoms with Crippen LogP contribution in [0.25, 0.3) is 0 Å². The zero-order chi connectivity index (χ0) is 5.28. The summed E-state index contributed by atoms with van der Waals surface area (Å²) in [5, 5.41) is 0. The van der Waals surface area contributed by atoms with Gasteiger partial charge in [-0.15, -0.1) is 0 Å². The van der Waals surface area contributed by atoms with Gasteiger partial charge in [-0.05, 0) is 24.8 Å². The number of rotatable bonds is 1. The van der Waals surface area contributed by atoms with E-state index in [4.69, 9.17) is 0 Å². The van der Waals surface area contributed by atoms with Crippen LogP contribution in [0.5, 0.6) is 0 Å². The third kappa shape index (κ3) is 0.908. The van der Waals surface area contributed by atoms with E-state index in [2.05, 4.69) is 24.4 Å². The summed E-state index contributed by atoms with van der Waals surface area (Å²) < 4.78 is 0. The molecular weight excluding hydrogens is 86.1 g/mol. The van der Waals surface area contributed by atoms with Gasteiger partial charge in [-0.25, -0.2) is 4.99 Å². The lowest BCUT2D eigenvalue weighted by Gasteiger charge is -1.73. The van der Waals surface area contributed by atoms with Crippen molar-refractivity contribution in [2.24, 2.45) is 10.9 Å². The number of hydrogen-bond acceptors (Lipinski definition) is 1. The van der Waals surface area contributed by atoms with Gasteiger partial charge in [0.05, 0.1) is 6.04 Å². The fourth-order valence-corrected chi connectivity index (χ4v) is 0.600. The van der Waals surface area contributed by atoms with Crippen LogP contribution < -0.4 is 0 Å². The minimum atomic E-state index is 0.567. The van der Waals surface area contributed by atoms with Gasteiger partial charge in [0, 0.05) is 0 Å². The lowest BCUT2D eigenvalue weighted by Crippen LogP contribution is -1.73. The molecule has 0 radical (unpaired) electrons. The van der Waals surface area contributed by atoms with Crippen molar-refractivity contribution >= 4 is 5.87 Å². The van der Waals surface area contributed by atoms with Gasteiger partial charge in [0.2, 0.25) is 0 Å². The van der Waals surface area contributed by atoms with Crippen molar-refractivity contribution in [3.63, 3.8) is 0 Å². The van der Waals surface area contributed by atoms with E-state index in [1.165, 1.54) is 6.42 Å². The van der Waals surface area contributed by atoms with Crippen molar-refractivity contribution in [3.8, 4) is 0 Å². The van der Waals surface area contributed by atoms with Crippen molar-refractivity contribution in [2.45, 2.75) is 19.4 Å². The molecule has 0 aromatic heterocycles. The van der Waals surface area contributed by atoms with Gasteiger partial charge >= 0.3 is 0 Å². The van der Waals surface area contributed by atoms with Gasteiger partial charge in [-0.3, -0.25) is 0 Å². The maximum absolute atomic E-state index is 3.96. The molecule has 1 saturated carbocycles. The summed E-state index contributed by atoms with van der Waals surface area (Å²) >= 11 is 0. The summed E-state index contributed by atoms with van der Waals surface area (Å²) in [4.78, 5) is 3.96. The third-order valence-electron chi connectivity index (χ3n) is 1.32. The molecule has 0 aliphatic heterocycles. The molecule has 0 spiro atoms. The summed E-state index contributed by atoms with van der Waals surface area (Å²) in [7, 11) is 0. The van der Waals surface area contributed by atoms with E-state index < -0.39 is 0 Å². The second-order valence-electron chi connectivity index (χ2n) is 2.07. The molecule has 0 aromatic carbocycles. The Balaban J connectivity index is 2.34. The van der Waals surface area contributed by atoms with Gasteiger partial charge < -0.3 is 0 Å². The summed E-state index contributed by atoms with van der Waals surface area (Å²) in [5.74, 6) is 3.34. The van der Waals surface area contributed by atoms with Crippen LogP contribution in [-0.2, 0) is 0 Å². The fourth-order valence-electron chi connectivity index (χ4n) is 0.600. The number of nitrogens with zero attached hydrogens (tertiary/aromatic N) is 1. The minimum Gasteiger partial charge on any atom is -0.240 e. The quantitative estimate of drug-likeness (QED) is 0.435. The highest BCUT2D eigenvalue weighted by atomic mass is 14.8. The second-order valence-corrected chi connectivity index (χ2v) is 2.07. The molecule has 1 aliphatic carbocycles. The maximum atomic E-state index is 3.96. The molecule has 1 fully saturated rings. The zero-order valence-corrected chi connectivity index (χ0v) is 4.52. The average molecular weight is 95.1 g/mol. The standard InChI is InChI=1S/C6H9N/c1-3-7-6-4-5(6)2/h5-6H,1,4H2,2H3/t5-,6?/m1/s1. The normalized spacial score (nSPS) is 36.7. The molecular formula is C6H9N. The van der Waals surface area contributed by atoms with E-state index in [9.17, 15) is 0 Å². The molecule has 1 rings (SSSR count). The summed E-state index contributed by atoms with van der Waals surface area (Å²) in [5.41, 5.74) is 0. The van der Waals surface area contributed by atoms with E-state index in [0.29, 0.717) is 6.04 Å². The molecule has 0 saturated heterocycles. The van der Waals surface area contributed by atoms with Gasteiger partial charge in [0.1, 0.15) is 0 Å². The van der Waals surface area contributed by atoms with Gasteiger partial charge in [0.15, 0.2) is 0 Å². The smallest absolute Gasteiger partial charge is 0.0623 e. The van der Waals surface area contributed by atoms with Crippen molar-refractivity contribution in [1.82, 2.24) is 0 Å². The Labute approximate surface area is 43.8 Å². The van der Waals surface area contributed by atoms with Crippen molar-refractivity contribution in [1.29, 1.82) is 0 Å². The van der Waals surface area contributed by atoms with Crippen molar-refractivity contribution < 1.29 is 0 Å². The van der Waals surface area contributed by atoms with Crippen LogP contribution in [0.1, 0.15) is 13.3 Å². The highest BCUT2D eigenvalue weighted by Gasteiger charge is 2.31. The predicted molar refractivity (Wildman–Crippen MR) is 30.6 cm³/mol. The highest BCUT2D eigenvalue weighted by molar-refractivity contribution is 5.47. The fraction of sp³-hybridized carbons (Fsp3) is 0.667. The molecule has 38 valence electrons. The molecule has 1 heteroatoms. The molecule has 0 aromatic rings.